The molecular weight excluding hydrogens is 895 g/mol. The zero-order valence-electron chi connectivity index (χ0n) is 40.7. The molecule has 3 aliphatic rings. The highest BCUT2D eigenvalue weighted by Gasteiger charge is 2.53. The molecular formula is C57H65N7O7. The number of hydrogen-bond acceptors (Lipinski definition) is 10. The summed E-state index contributed by atoms with van der Waals surface area (Å²) < 4.78 is 14.3. The molecule has 1 fully saturated rings. The number of carbonyl (C=O) groups is 4. The molecule has 0 bridgehead atoms. The maximum atomic E-state index is 13.8. The number of unbranched alkanes of at least 4 members (excludes halogenated alkanes) is 5. The van der Waals surface area contributed by atoms with E-state index in [1.165, 1.54) is 5.56 Å². The SMILES string of the molecule is CCc1cccc(N(CC)C(=O)Cn2c(C(O)NC3CCC(C(=O)NCCCCCCCCNC(=O)c4ccc5c(c4)C(=O)OC54c5ccc(N)cc5Oc5cc(N)ccc54)CC3)cc3ccccc32)c1. The number of para-hydroxylation sites is 1. The van der Waals surface area contributed by atoms with E-state index in [0.717, 1.165) is 87.2 Å². The number of nitrogen functional groups attached to an aromatic ring is 2. The number of rotatable bonds is 19. The number of nitrogens with one attached hydrogen (secondary N) is 3. The Balaban J connectivity index is 0.675. The number of amides is 3. The van der Waals surface area contributed by atoms with Crippen LogP contribution in [0.2, 0.25) is 0 Å². The average Bonchev–Trinajstić information content (AvgIpc) is 3.88. The van der Waals surface area contributed by atoms with E-state index in [9.17, 15) is 24.3 Å². The Labute approximate surface area is 415 Å². The van der Waals surface area contributed by atoms with Crippen LogP contribution in [-0.2, 0) is 32.9 Å². The van der Waals surface area contributed by atoms with E-state index < -0.39 is 17.8 Å². The lowest BCUT2D eigenvalue weighted by atomic mass is 9.77. The van der Waals surface area contributed by atoms with Crippen molar-refractivity contribution in [2.75, 3.05) is 36.0 Å². The predicted octanol–water partition coefficient (Wildman–Crippen LogP) is 9.02. The Morgan fingerprint density at radius 2 is 1.42 bits per heavy atom. The third kappa shape index (κ3) is 10.2. The molecule has 1 aliphatic carbocycles. The maximum Gasteiger partial charge on any atom is 0.340 e. The number of aromatic nitrogens is 1. The van der Waals surface area contributed by atoms with Crippen molar-refractivity contribution in [1.29, 1.82) is 0 Å². The second-order valence-electron chi connectivity index (χ2n) is 19.1. The minimum Gasteiger partial charge on any atom is -0.456 e. The van der Waals surface area contributed by atoms with Crippen LogP contribution < -0.4 is 37.1 Å². The molecule has 14 nitrogen and oxygen atoms in total. The smallest absolute Gasteiger partial charge is 0.340 e. The molecule has 14 heteroatoms. The predicted molar refractivity (Wildman–Crippen MR) is 276 cm³/mol. The Hall–Kier alpha value is -7.16. The van der Waals surface area contributed by atoms with Crippen molar-refractivity contribution in [3.63, 3.8) is 0 Å². The van der Waals surface area contributed by atoms with Crippen LogP contribution >= 0.6 is 0 Å². The van der Waals surface area contributed by atoms with Crippen LogP contribution in [0.5, 0.6) is 11.5 Å². The zero-order chi connectivity index (χ0) is 49.6. The van der Waals surface area contributed by atoms with Crippen molar-refractivity contribution in [2.45, 2.75) is 109 Å². The number of esters is 1. The van der Waals surface area contributed by atoms with Crippen molar-refractivity contribution in [1.82, 2.24) is 20.5 Å². The van der Waals surface area contributed by atoms with Gasteiger partial charge in [0.25, 0.3) is 5.91 Å². The molecule has 9 rings (SSSR count). The molecule has 3 amide bonds. The quantitative estimate of drug-likeness (QED) is 0.0197. The minimum atomic E-state index is -1.28. The van der Waals surface area contributed by atoms with E-state index >= 15 is 0 Å². The molecule has 3 heterocycles. The summed E-state index contributed by atoms with van der Waals surface area (Å²) in [6.07, 6.45) is 8.65. The number of anilines is 3. The lowest BCUT2D eigenvalue weighted by Gasteiger charge is -2.36. The molecule has 1 unspecified atom stereocenters. The van der Waals surface area contributed by atoms with Gasteiger partial charge in [-0.15, -0.1) is 0 Å². The third-order valence-corrected chi connectivity index (χ3v) is 14.5. The van der Waals surface area contributed by atoms with Crippen LogP contribution in [-0.4, -0.2) is 59.0 Å². The largest absolute Gasteiger partial charge is 0.456 e. The topological polar surface area (TPSA) is 203 Å². The van der Waals surface area contributed by atoms with Gasteiger partial charge >= 0.3 is 5.97 Å². The summed E-state index contributed by atoms with van der Waals surface area (Å²) in [4.78, 5) is 55.5. The molecule has 8 N–H and O–H groups in total. The van der Waals surface area contributed by atoms with Crippen LogP contribution in [0.4, 0.5) is 17.1 Å². The van der Waals surface area contributed by atoms with Crippen molar-refractivity contribution >= 4 is 51.7 Å². The Morgan fingerprint density at radius 3 is 2.11 bits per heavy atom. The normalized spacial score (nSPS) is 16.9. The number of hydrogen-bond donors (Lipinski definition) is 6. The van der Waals surface area contributed by atoms with Crippen LogP contribution in [0.3, 0.4) is 0 Å². The highest BCUT2D eigenvalue weighted by Crippen LogP contribution is 2.56. The number of carbonyl (C=O) groups excluding carboxylic acids is 4. The van der Waals surface area contributed by atoms with E-state index in [0.29, 0.717) is 76.0 Å². The third-order valence-electron chi connectivity index (χ3n) is 14.5. The molecule has 0 radical (unpaired) electrons. The van der Waals surface area contributed by atoms with Gasteiger partial charge in [0.2, 0.25) is 11.8 Å². The highest BCUT2D eigenvalue weighted by atomic mass is 16.6. The van der Waals surface area contributed by atoms with Gasteiger partial charge in [0, 0.05) is 93.9 Å². The summed E-state index contributed by atoms with van der Waals surface area (Å²) in [5.41, 5.74) is 18.1. The summed E-state index contributed by atoms with van der Waals surface area (Å²) in [5.74, 6) is 0.134. The lowest BCUT2D eigenvalue weighted by molar-refractivity contribution is -0.126. The molecule has 0 saturated heterocycles. The van der Waals surface area contributed by atoms with Gasteiger partial charge in [-0.05, 0) is 118 Å². The van der Waals surface area contributed by atoms with E-state index in [1.54, 1.807) is 59.5 Å². The number of benzene rings is 5. The van der Waals surface area contributed by atoms with Crippen LogP contribution in [0, 0.1) is 5.92 Å². The van der Waals surface area contributed by atoms with Crippen LogP contribution in [0.25, 0.3) is 10.9 Å². The van der Waals surface area contributed by atoms with Gasteiger partial charge in [-0.1, -0.05) is 69.0 Å². The Bertz CT molecular complexity index is 2890. The molecule has 6 aromatic rings. The first-order valence-electron chi connectivity index (χ1n) is 25.3. The van der Waals surface area contributed by atoms with E-state index in [1.807, 2.05) is 54.0 Å². The number of aryl methyl sites for hydroxylation is 1. The van der Waals surface area contributed by atoms with Crippen molar-refractivity contribution < 1.29 is 33.8 Å². The fourth-order valence-electron chi connectivity index (χ4n) is 10.7. The molecule has 5 aromatic carbocycles. The summed E-state index contributed by atoms with van der Waals surface area (Å²) in [6.45, 7) is 5.86. The first-order chi connectivity index (χ1) is 34.5. The number of nitrogens with zero attached hydrogens (tertiary/aromatic N) is 2. The second kappa shape index (κ2) is 21.5. The first-order valence-corrected chi connectivity index (χ1v) is 25.3. The Morgan fingerprint density at radius 1 is 0.761 bits per heavy atom. The number of ether oxygens (including phenoxy) is 2. The first kappa shape index (κ1) is 48.8. The summed E-state index contributed by atoms with van der Waals surface area (Å²) in [6, 6.07) is 33.6. The van der Waals surface area contributed by atoms with Crippen LogP contribution in [0.15, 0.2) is 109 Å². The molecule has 1 aromatic heterocycles. The zero-order valence-corrected chi connectivity index (χ0v) is 40.7. The summed E-state index contributed by atoms with van der Waals surface area (Å²) in [5, 5.41) is 22.1. The summed E-state index contributed by atoms with van der Waals surface area (Å²) in [7, 11) is 0. The average molecular weight is 960 g/mol. The van der Waals surface area contributed by atoms with E-state index in [2.05, 4.69) is 35.0 Å². The fourth-order valence-corrected chi connectivity index (χ4v) is 10.7. The molecule has 2 aliphatic heterocycles. The van der Waals surface area contributed by atoms with Crippen LogP contribution in [0.1, 0.15) is 133 Å². The van der Waals surface area contributed by atoms with Gasteiger partial charge in [-0.25, -0.2) is 4.79 Å². The Kier molecular flexibility index (Phi) is 14.8. The number of aliphatic hydroxyl groups is 1. The number of fused-ring (bicyclic) bond motifs is 7. The van der Waals surface area contributed by atoms with Crippen molar-refractivity contribution in [3.8, 4) is 11.5 Å². The molecule has 71 heavy (non-hydrogen) atoms. The van der Waals surface area contributed by atoms with Gasteiger partial charge in [0.1, 0.15) is 24.3 Å². The summed E-state index contributed by atoms with van der Waals surface area (Å²) >= 11 is 0. The van der Waals surface area contributed by atoms with E-state index in [4.69, 9.17) is 20.9 Å². The van der Waals surface area contributed by atoms with Gasteiger partial charge in [0.05, 0.1) is 11.3 Å². The molecule has 1 spiro atoms. The molecule has 1 atom stereocenters. The second-order valence-corrected chi connectivity index (χ2v) is 19.1. The van der Waals surface area contributed by atoms with Gasteiger partial charge in [0.15, 0.2) is 5.60 Å². The lowest BCUT2D eigenvalue weighted by Crippen LogP contribution is -2.40. The highest BCUT2D eigenvalue weighted by molar-refractivity contribution is 6.02. The molecule has 1 saturated carbocycles. The van der Waals surface area contributed by atoms with Crippen molar-refractivity contribution in [3.05, 3.63) is 148 Å². The van der Waals surface area contributed by atoms with Gasteiger partial charge in [-0.2, -0.15) is 0 Å². The monoisotopic (exact) mass is 959 g/mol. The van der Waals surface area contributed by atoms with Crippen molar-refractivity contribution in [2.24, 2.45) is 5.92 Å². The van der Waals surface area contributed by atoms with E-state index in [-0.39, 0.29) is 36.2 Å². The number of aliphatic hydroxyl groups excluding tert-OH is 1. The molecule has 370 valence electrons. The van der Waals surface area contributed by atoms with Gasteiger partial charge < -0.3 is 46.1 Å². The maximum absolute atomic E-state index is 13.8. The standard InChI is InChI=1S/C57H65N7O7/c1-3-36-14-13-16-43(30-36)63(4-2)52(65)35-64-48-17-10-9-15-38(48)32-49(64)55(68)62-42-23-18-37(19-24-42)53(66)60-28-11-7-5-6-8-12-29-61-54(67)39-20-25-45-44(31-39)56(69)71-57(45)46-26-21-40(58)33-50(46)70-51-34-41(59)22-27-47(51)57/h9-10,13-17,20-22,25-27,30-34,37,42,55,62,68H,3-8,11-12,18-19,23-24,28-29,35,58-59H2,1-2H3,(H,60,66)(H,61,67). The number of likely N-dealkylation sites (N-methyl/N-ethyl adjacent to an activating group) is 1. The number of nitrogens with two attached hydrogens (primary N) is 2. The van der Waals surface area contributed by atoms with Gasteiger partial charge in [-0.3, -0.25) is 19.7 Å². The fraction of sp³-hybridized carbons (Fsp3) is 0.368. The minimum absolute atomic E-state index is 0.0412.